The van der Waals surface area contributed by atoms with Gasteiger partial charge >= 0.3 is 6.11 Å². The number of ether oxygens (including phenoxy) is 1. The van der Waals surface area contributed by atoms with Crippen LogP contribution in [-0.2, 0) is 17.6 Å². The van der Waals surface area contributed by atoms with E-state index in [1.165, 1.54) is 35.6 Å². The van der Waals surface area contributed by atoms with Gasteiger partial charge < -0.3 is 15.4 Å². The smallest absolute Gasteiger partial charge is 0.394 e. The largest absolute Gasteiger partial charge is 0.433 e. The van der Waals surface area contributed by atoms with Crippen LogP contribution in [0.4, 0.5) is 19.5 Å². The molecule has 1 aromatic heterocycles. The molecule has 2 atom stereocenters. The van der Waals surface area contributed by atoms with E-state index in [2.05, 4.69) is 22.3 Å². The second-order valence-corrected chi connectivity index (χ2v) is 9.91. The average molecular weight is 463 g/mol. The van der Waals surface area contributed by atoms with Crippen LogP contribution in [0.2, 0.25) is 0 Å². The highest BCUT2D eigenvalue weighted by Gasteiger charge is 2.32. The molecule has 0 bridgehead atoms. The number of hydrogen-bond acceptors (Lipinski definition) is 4. The number of anilines is 2. The lowest BCUT2D eigenvalue weighted by molar-refractivity contribution is -0.158. The van der Waals surface area contributed by atoms with E-state index in [0.29, 0.717) is 29.1 Å². The highest BCUT2D eigenvalue weighted by atomic mass is 32.1. The molecular formula is C24H28F2N2O3S. The van der Waals surface area contributed by atoms with Gasteiger partial charge in [-0.05, 0) is 67.9 Å². The van der Waals surface area contributed by atoms with Crippen LogP contribution in [0.3, 0.4) is 0 Å². The molecule has 2 aromatic rings. The summed E-state index contributed by atoms with van der Waals surface area (Å²) in [7, 11) is 0. The molecule has 2 aliphatic rings. The maximum Gasteiger partial charge on any atom is 0.394 e. The number of amides is 2. The predicted octanol–water partition coefficient (Wildman–Crippen LogP) is 6.25. The van der Waals surface area contributed by atoms with Gasteiger partial charge in [0, 0.05) is 23.4 Å². The van der Waals surface area contributed by atoms with Gasteiger partial charge in [0.15, 0.2) is 0 Å². The minimum atomic E-state index is -3.27. The number of hydrogen-bond donors (Lipinski definition) is 2. The van der Waals surface area contributed by atoms with Crippen LogP contribution >= 0.6 is 11.3 Å². The minimum absolute atomic E-state index is 0.00632. The average Bonchev–Trinajstić information content (AvgIpc) is 3.29. The molecule has 2 aliphatic carbocycles. The molecule has 32 heavy (non-hydrogen) atoms. The second kappa shape index (κ2) is 9.17. The molecular weight excluding hydrogens is 434 g/mol. The zero-order valence-corrected chi connectivity index (χ0v) is 19.1. The normalized spacial score (nSPS) is 20.5. The first kappa shape index (κ1) is 22.7. The third-order valence-corrected chi connectivity index (χ3v) is 7.45. The Labute approximate surface area is 190 Å². The molecule has 1 heterocycles. The molecule has 8 heteroatoms. The quantitative estimate of drug-likeness (QED) is 0.534. The molecule has 0 aliphatic heterocycles. The number of carbonyl (C=O) groups is 2. The van der Waals surface area contributed by atoms with Gasteiger partial charge in [-0.1, -0.05) is 19.8 Å². The minimum Gasteiger partial charge on any atom is -0.433 e. The van der Waals surface area contributed by atoms with Crippen molar-refractivity contribution in [3.63, 3.8) is 0 Å². The van der Waals surface area contributed by atoms with Crippen molar-refractivity contribution in [1.29, 1.82) is 0 Å². The van der Waals surface area contributed by atoms with E-state index in [0.717, 1.165) is 55.4 Å². The van der Waals surface area contributed by atoms with Gasteiger partial charge in [0.05, 0.1) is 5.56 Å². The van der Waals surface area contributed by atoms with Crippen molar-refractivity contribution in [2.45, 2.75) is 64.9 Å². The highest BCUT2D eigenvalue weighted by Crippen LogP contribution is 2.40. The van der Waals surface area contributed by atoms with E-state index in [4.69, 9.17) is 0 Å². The van der Waals surface area contributed by atoms with E-state index >= 15 is 0 Å². The van der Waals surface area contributed by atoms with Gasteiger partial charge in [-0.3, -0.25) is 9.59 Å². The van der Waals surface area contributed by atoms with Crippen molar-refractivity contribution in [3.8, 4) is 5.75 Å². The summed E-state index contributed by atoms with van der Waals surface area (Å²) in [4.78, 5) is 27.3. The lowest BCUT2D eigenvalue weighted by atomic mass is 9.80. The number of aryl methyl sites for hydroxylation is 1. The fourth-order valence-electron chi connectivity index (χ4n) is 4.65. The Bertz CT molecular complexity index is 998. The Morgan fingerprint density at radius 2 is 1.78 bits per heavy atom. The molecule has 0 radical (unpaired) electrons. The van der Waals surface area contributed by atoms with Crippen LogP contribution in [-0.4, -0.2) is 17.9 Å². The van der Waals surface area contributed by atoms with E-state index in [-0.39, 0.29) is 23.5 Å². The topological polar surface area (TPSA) is 67.4 Å². The highest BCUT2D eigenvalue weighted by molar-refractivity contribution is 7.17. The Kier molecular flexibility index (Phi) is 6.51. The Hall–Kier alpha value is -2.48. The van der Waals surface area contributed by atoms with Crippen LogP contribution in [0.15, 0.2) is 24.3 Å². The molecule has 2 unspecified atom stereocenters. The van der Waals surface area contributed by atoms with Crippen LogP contribution in [0, 0.1) is 11.8 Å². The summed E-state index contributed by atoms with van der Waals surface area (Å²) >= 11 is 1.49. The monoisotopic (exact) mass is 462 g/mol. The number of benzene rings is 1. The first-order valence-corrected chi connectivity index (χ1v) is 12.0. The van der Waals surface area contributed by atoms with Crippen molar-refractivity contribution in [2.75, 3.05) is 10.6 Å². The van der Waals surface area contributed by atoms with E-state index in [1.54, 1.807) is 0 Å². The van der Waals surface area contributed by atoms with E-state index in [1.807, 2.05) is 0 Å². The van der Waals surface area contributed by atoms with E-state index in [9.17, 15) is 18.4 Å². The van der Waals surface area contributed by atoms with Gasteiger partial charge in [0.1, 0.15) is 10.8 Å². The molecule has 1 saturated carbocycles. The molecule has 5 nitrogen and oxygen atoms in total. The molecule has 1 aromatic carbocycles. The third-order valence-electron chi connectivity index (χ3n) is 6.24. The molecule has 2 amide bonds. The summed E-state index contributed by atoms with van der Waals surface area (Å²) in [6.45, 7) is 2.79. The van der Waals surface area contributed by atoms with Gasteiger partial charge in [-0.15, -0.1) is 11.3 Å². The number of rotatable bonds is 6. The SMILES string of the molecule is CC1CCCCC1C(=O)Nc1sc2c(c1C(=O)Nc1ccc(OC(C)(F)F)cc1)CCC2. The van der Waals surface area contributed by atoms with Gasteiger partial charge in [0.2, 0.25) is 5.91 Å². The second-order valence-electron chi connectivity index (χ2n) is 8.81. The number of thiophene rings is 1. The number of halogens is 2. The fourth-order valence-corrected chi connectivity index (χ4v) is 5.94. The van der Waals surface area contributed by atoms with Crippen molar-refractivity contribution in [2.24, 2.45) is 11.8 Å². The summed E-state index contributed by atoms with van der Waals surface area (Å²) in [5.41, 5.74) is 2.00. The number of nitrogens with one attached hydrogen (secondary N) is 2. The van der Waals surface area contributed by atoms with Crippen LogP contribution in [0.5, 0.6) is 5.75 Å². The van der Waals surface area contributed by atoms with Gasteiger partial charge in [0.25, 0.3) is 5.91 Å². The number of fused-ring (bicyclic) bond motifs is 1. The Morgan fingerprint density at radius 1 is 1.06 bits per heavy atom. The van der Waals surface area contributed by atoms with E-state index < -0.39 is 6.11 Å². The molecule has 0 saturated heterocycles. The van der Waals surface area contributed by atoms with Crippen LogP contribution in [0.1, 0.15) is 66.8 Å². The zero-order valence-electron chi connectivity index (χ0n) is 18.3. The lowest BCUT2D eigenvalue weighted by Gasteiger charge is -2.27. The Morgan fingerprint density at radius 3 is 2.47 bits per heavy atom. The maximum atomic E-state index is 13.2. The zero-order chi connectivity index (χ0) is 22.9. The van der Waals surface area contributed by atoms with Crippen LogP contribution in [0.25, 0.3) is 0 Å². The molecule has 1 fully saturated rings. The van der Waals surface area contributed by atoms with Crippen molar-refractivity contribution in [3.05, 3.63) is 40.3 Å². The molecule has 0 spiro atoms. The Balaban J connectivity index is 1.51. The first-order chi connectivity index (χ1) is 15.2. The summed E-state index contributed by atoms with van der Waals surface area (Å²) in [6, 6.07) is 5.82. The van der Waals surface area contributed by atoms with Crippen molar-refractivity contribution < 1.29 is 23.1 Å². The number of alkyl halides is 2. The molecule has 2 N–H and O–H groups in total. The van der Waals surface area contributed by atoms with Crippen LogP contribution < -0.4 is 15.4 Å². The summed E-state index contributed by atoms with van der Waals surface area (Å²) < 4.78 is 30.6. The predicted molar refractivity (Wildman–Crippen MR) is 122 cm³/mol. The standard InChI is InChI=1S/C24H28F2N2O3S/c1-14-6-3-4-7-17(14)21(29)28-23-20(18-8-5-9-19(18)32-23)22(30)27-15-10-12-16(13-11-15)31-24(2,25)26/h10-14,17H,3-9H2,1-2H3,(H,27,30)(H,28,29). The maximum absolute atomic E-state index is 13.2. The van der Waals surface area contributed by atoms with Gasteiger partial charge in [-0.25, -0.2) is 0 Å². The van der Waals surface area contributed by atoms with Crippen molar-refractivity contribution >= 4 is 33.8 Å². The number of carbonyl (C=O) groups excluding carboxylic acids is 2. The first-order valence-electron chi connectivity index (χ1n) is 11.1. The summed E-state index contributed by atoms with van der Waals surface area (Å²) in [5.74, 6) is 0.0189. The molecule has 4 rings (SSSR count). The third kappa shape index (κ3) is 5.11. The fraction of sp³-hybridized carbons (Fsp3) is 0.500. The van der Waals surface area contributed by atoms with Gasteiger partial charge in [-0.2, -0.15) is 8.78 Å². The van der Waals surface area contributed by atoms with Crippen molar-refractivity contribution in [1.82, 2.24) is 0 Å². The lowest BCUT2D eigenvalue weighted by Crippen LogP contribution is -2.30. The molecule has 172 valence electrons. The summed E-state index contributed by atoms with van der Waals surface area (Å²) in [5, 5.41) is 6.51. The summed E-state index contributed by atoms with van der Waals surface area (Å²) in [6.07, 6.45) is 3.58.